The number of likely N-dealkylation sites (tertiary alicyclic amines) is 1. The van der Waals surface area contributed by atoms with E-state index >= 15 is 0 Å². The Bertz CT molecular complexity index is 728. The molecule has 0 saturated carbocycles. The summed E-state index contributed by atoms with van der Waals surface area (Å²) in [6.07, 6.45) is 2.59. The summed E-state index contributed by atoms with van der Waals surface area (Å²) in [6.45, 7) is 3.86. The van der Waals surface area contributed by atoms with Gasteiger partial charge in [-0.25, -0.2) is 4.98 Å². The normalized spacial score (nSPS) is 15.8. The molecule has 0 spiro atoms. The molecule has 2 aromatic heterocycles. The molecule has 1 atom stereocenters. The van der Waals surface area contributed by atoms with E-state index in [1.54, 1.807) is 0 Å². The number of hydrogen-bond acceptors (Lipinski definition) is 5. The summed E-state index contributed by atoms with van der Waals surface area (Å²) < 4.78 is 0. The maximum Gasteiger partial charge on any atom is 0.191 e. The number of nitrogens with one attached hydrogen (secondary N) is 2. The van der Waals surface area contributed by atoms with Crippen LogP contribution in [-0.2, 0) is 6.54 Å². The van der Waals surface area contributed by atoms with Crippen molar-refractivity contribution in [2.45, 2.75) is 25.4 Å². The van der Waals surface area contributed by atoms with E-state index in [0.29, 0.717) is 12.6 Å². The Morgan fingerprint density at radius 1 is 1.21 bits per heavy atom. The molecule has 2 aromatic rings. The van der Waals surface area contributed by atoms with Gasteiger partial charge < -0.3 is 15.5 Å². The van der Waals surface area contributed by atoms with E-state index in [0.717, 1.165) is 24.0 Å². The summed E-state index contributed by atoms with van der Waals surface area (Å²) in [6, 6.07) is 10.9. The van der Waals surface area contributed by atoms with Crippen LogP contribution in [0.4, 0.5) is 5.82 Å². The maximum atomic E-state index is 4.65. The number of anilines is 1. The van der Waals surface area contributed by atoms with Crippen molar-refractivity contribution in [1.82, 2.24) is 20.5 Å². The minimum Gasteiger partial charge on any atom is -0.363 e. The predicted octanol–water partition coefficient (Wildman–Crippen LogP) is 3.33. The molecule has 0 amide bonds. The molecule has 0 bridgehead atoms. The lowest BCUT2D eigenvalue weighted by atomic mass is 10.2. The molecule has 0 aromatic carbocycles. The first-order valence-corrected chi connectivity index (χ1v) is 10.4. The van der Waals surface area contributed by atoms with Gasteiger partial charge in [0.05, 0.1) is 18.3 Å². The third-order valence-corrected chi connectivity index (χ3v) is 5.80. The fourth-order valence-corrected chi connectivity index (χ4v) is 4.21. The van der Waals surface area contributed by atoms with E-state index in [9.17, 15) is 0 Å². The first kappa shape index (κ1) is 22.9. The van der Waals surface area contributed by atoms with Crippen LogP contribution in [-0.4, -0.2) is 56.6 Å². The number of thiophene rings is 1. The van der Waals surface area contributed by atoms with E-state index in [1.807, 2.05) is 55.6 Å². The molecule has 154 valence electrons. The van der Waals surface area contributed by atoms with Crippen molar-refractivity contribution in [3.8, 4) is 0 Å². The Morgan fingerprint density at radius 3 is 2.64 bits per heavy atom. The molecule has 1 aliphatic rings. The SMILES string of the molecule is CN=C(NCc1cccc(N(C)C)n1)NCC(c1cccs1)N1CCCC1.I. The molecule has 1 fully saturated rings. The maximum absolute atomic E-state index is 4.65. The monoisotopic (exact) mass is 514 g/mol. The highest BCUT2D eigenvalue weighted by Crippen LogP contribution is 2.27. The number of aliphatic imine (C=N–C) groups is 1. The van der Waals surface area contributed by atoms with Crippen LogP contribution in [0.25, 0.3) is 0 Å². The first-order valence-electron chi connectivity index (χ1n) is 9.52. The molecule has 0 radical (unpaired) electrons. The Labute approximate surface area is 189 Å². The van der Waals surface area contributed by atoms with Crippen LogP contribution in [0.3, 0.4) is 0 Å². The van der Waals surface area contributed by atoms with E-state index < -0.39 is 0 Å². The van der Waals surface area contributed by atoms with Gasteiger partial charge in [-0.1, -0.05) is 12.1 Å². The highest BCUT2D eigenvalue weighted by atomic mass is 127. The third kappa shape index (κ3) is 6.31. The van der Waals surface area contributed by atoms with Gasteiger partial charge in [-0.2, -0.15) is 0 Å². The Morgan fingerprint density at radius 2 is 2.00 bits per heavy atom. The average molecular weight is 514 g/mol. The second-order valence-electron chi connectivity index (χ2n) is 6.96. The van der Waals surface area contributed by atoms with Gasteiger partial charge in [0.2, 0.25) is 0 Å². The zero-order valence-electron chi connectivity index (χ0n) is 16.9. The van der Waals surface area contributed by atoms with Crippen molar-refractivity contribution < 1.29 is 0 Å². The van der Waals surface area contributed by atoms with E-state index in [4.69, 9.17) is 0 Å². The second kappa shape index (κ2) is 11.6. The quantitative estimate of drug-likeness (QED) is 0.338. The minimum absolute atomic E-state index is 0. The Hall–Kier alpha value is -1.39. The lowest BCUT2D eigenvalue weighted by Crippen LogP contribution is -2.42. The predicted molar refractivity (Wildman–Crippen MR) is 130 cm³/mol. The highest BCUT2D eigenvalue weighted by molar-refractivity contribution is 14.0. The second-order valence-corrected chi connectivity index (χ2v) is 7.94. The van der Waals surface area contributed by atoms with Gasteiger partial charge in [0.15, 0.2) is 5.96 Å². The summed E-state index contributed by atoms with van der Waals surface area (Å²) >= 11 is 1.84. The van der Waals surface area contributed by atoms with Crippen LogP contribution >= 0.6 is 35.3 Å². The molecule has 1 aliphatic heterocycles. The van der Waals surface area contributed by atoms with Gasteiger partial charge >= 0.3 is 0 Å². The van der Waals surface area contributed by atoms with Crippen LogP contribution in [0, 0.1) is 0 Å². The van der Waals surface area contributed by atoms with E-state index in [-0.39, 0.29) is 24.0 Å². The smallest absolute Gasteiger partial charge is 0.191 e. The van der Waals surface area contributed by atoms with Gasteiger partial charge in [-0.3, -0.25) is 9.89 Å². The van der Waals surface area contributed by atoms with Gasteiger partial charge in [0, 0.05) is 32.6 Å². The highest BCUT2D eigenvalue weighted by Gasteiger charge is 2.24. The number of hydrogen-bond donors (Lipinski definition) is 2. The number of nitrogens with zero attached hydrogens (tertiary/aromatic N) is 4. The minimum atomic E-state index is 0. The van der Waals surface area contributed by atoms with Crippen LogP contribution in [0.15, 0.2) is 40.7 Å². The molecule has 3 heterocycles. The number of aromatic nitrogens is 1. The molecule has 1 unspecified atom stereocenters. The van der Waals surface area contributed by atoms with Crippen molar-refractivity contribution in [3.63, 3.8) is 0 Å². The average Bonchev–Trinajstić information content (AvgIpc) is 3.39. The molecule has 0 aliphatic carbocycles. The fraction of sp³-hybridized carbons (Fsp3) is 0.500. The number of guanidine groups is 1. The molecule has 3 rings (SSSR count). The van der Waals surface area contributed by atoms with Crippen LogP contribution in [0.2, 0.25) is 0 Å². The van der Waals surface area contributed by atoms with Crippen LogP contribution in [0.1, 0.15) is 29.5 Å². The third-order valence-electron chi connectivity index (χ3n) is 4.83. The lowest BCUT2D eigenvalue weighted by molar-refractivity contribution is 0.249. The lowest BCUT2D eigenvalue weighted by Gasteiger charge is -2.27. The van der Waals surface area contributed by atoms with Gasteiger partial charge in [-0.05, 0) is 49.5 Å². The Balaban J connectivity index is 0.00000280. The van der Waals surface area contributed by atoms with E-state index in [1.165, 1.54) is 30.8 Å². The first-order chi connectivity index (χ1) is 13.2. The molecule has 28 heavy (non-hydrogen) atoms. The zero-order valence-corrected chi connectivity index (χ0v) is 20.0. The topological polar surface area (TPSA) is 55.8 Å². The molecule has 6 nitrogen and oxygen atoms in total. The van der Waals surface area contributed by atoms with Crippen LogP contribution in [0.5, 0.6) is 0 Å². The molecule has 8 heteroatoms. The van der Waals surface area contributed by atoms with Gasteiger partial charge in [0.25, 0.3) is 0 Å². The van der Waals surface area contributed by atoms with Crippen molar-refractivity contribution >= 4 is 47.1 Å². The van der Waals surface area contributed by atoms with Crippen molar-refractivity contribution in [2.24, 2.45) is 4.99 Å². The number of pyridine rings is 1. The molecular weight excluding hydrogens is 483 g/mol. The van der Waals surface area contributed by atoms with Crippen molar-refractivity contribution in [1.29, 1.82) is 0 Å². The zero-order chi connectivity index (χ0) is 19.1. The summed E-state index contributed by atoms with van der Waals surface area (Å²) in [7, 11) is 5.82. The van der Waals surface area contributed by atoms with Gasteiger partial charge in [0.1, 0.15) is 5.82 Å². The van der Waals surface area contributed by atoms with E-state index in [2.05, 4.69) is 43.0 Å². The number of halogens is 1. The largest absolute Gasteiger partial charge is 0.363 e. The number of rotatable bonds is 7. The summed E-state index contributed by atoms with van der Waals surface area (Å²) in [5, 5.41) is 9.06. The summed E-state index contributed by atoms with van der Waals surface area (Å²) in [4.78, 5) is 15.0. The van der Waals surface area contributed by atoms with Gasteiger partial charge in [-0.15, -0.1) is 35.3 Å². The standard InChI is InChI=1S/C20H30N6S.HI/c1-21-20(22-14-16-8-6-10-19(24-16)25(2)3)23-15-17(18-9-7-13-27-18)26-11-4-5-12-26;/h6-10,13,17H,4-5,11-12,14-15H2,1-3H3,(H2,21,22,23);1H. The molecule has 2 N–H and O–H groups in total. The van der Waals surface area contributed by atoms with Crippen molar-refractivity contribution in [3.05, 3.63) is 46.3 Å². The fourth-order valence-electron chi connectivity index (χ4n) is 3.35. The molecular formula is C20H31IN6S. The Kier molecular flexibility index (Phi) is 9.46. The van der Waals surface area contributed by atoms with Crippen LogP contribution < -0.4 is 15.5 Å². The molecule has 1 saturated heterocycles. The summed E-state index contributed by atoms with van der Waals surface area (Å²) in [5.74, 6) is 1.77. The summed E-state index contributed by atoms with van der Waals surface area (Å²) in [5.41, 5.74) is 0.999. The van der Waals surface area contributed by atoms with Crippen molar-refractivity contribution in [2.75, 3.05) is 45.7 Å².